The van der Waals surface area contributed by atoms with E-state index in [0.717, 1.165) is 14.5 Å². The molecule has 0 saturated heterocycles. The zero-order chi connectivity index (χ0) is 15.2. The number of benzene rings is 1. The molecule has 0 saturated carbocycles. The van der Waals surface area contributed by atoms with Crippen LogP contribution < -0.4 is 5.32 Å². The number of esters is 1. The van der Waals surface area contributed by atoms with Crippen molar-refractivity contribution < 1.29 is 9.53 Å². The summed E-state index contributed by atoms with van der Waals surface area (Å²) in [7, 11) is 1.37. The summed E-state index contributed by atoms with van der Waals surface area (Å²) in [5.41, 5.74) is 1.68. The first kappa shape index (κ1) is 16.1. The highest BCUT2D eigenvalue weighted by molar-refractivity contribution is 9.11. The minimum Gasteiger partial charge on any atom is -0.468 e. The van der Waals surface area contributed by atoms with E-state index in [-0.39, 0.29) is 5.97 Å². The summed E-state index contributed by atoms with van der Waals surface area (Å²) in [5, 5.41) is 3.18. The van der Waals surface area contributed by atoms with E-state index in [1.807, 2.05) is 36.4 Å². The average molecular weight is 414 g/mol. The van der Waals surface area contributed by atoms with Crippen LogP contribution >= 0.6 is 31.9 Å². The fourth-order valence-corrected chi connectivity index (χ4v) is 3.08. The number of halogens is 2. The summed E-state index contributed by atoms with van der Waals surface area (Å²) < 4.78 is 6.45. The summed E-state index contributed by atoms with van der Waals surface area (Å²) in [4.78, 5) is 16.3. The normalized spacial score (nSPS) is 12.0. The second-order valence-electron chi connectivity index (χ2n) is 4.34. The van der Waals surface area contributed by atoms with Gasteiger partial charge in [-0.15, -0.1) is 0 Å². The Balaban J connectivity index is 2.20. The van der Waals surface area contributed by atoms with Gasteiger partial charge in [0.2, 0.25) is 0 Å². The van der Waals surface area contributed by atoms with E-state index in [0.29, 0.717) is 12.2 Å². The lowest BCUT2D eigenvalue weighted by Crippen LogP contribution is -2.30. The predicted octanol–water partition coefficient (Wildman–Crippen LogP) is 3.61. The first-order chi connectivity index (χ1) is 10.1. The van der Waals surface area contributed by atoms with E-state index in [2.05, 4.69) is 42.2 Å². The van der Waals surface area contributed by atoms with Crippen LogP contribution in [0.4, 0.5) is 0 Å². The van der Waals surface area contributed by atoms with E-state index >= 15 is 0 Å². The molecule has 21 heavy (non-hydrogen) atoms. The van der Waals surface area contributed by atoms with Crippen LogP contribution in [-0.2, 0) is 16.1 Å². The van der Waals surface area contributed by atoms with Crippen LogP contribution in [0, 0.1) is 0 Å². The molecule has 1 aromatic heterocycles. The first-order valence-electron chi connectivity index (χ1n) is 6.28. The lowest BCUT2D eigenvalue weighted by molar-refractivity contribution is -0.143. The van der Waals surface area contributed by atoms with Gasteiger partial charge in [0.05, 0.1) is 12.8 Å². The Bertz CT molecular complexity index is 620. The molecule has 1 N–H and O–H groups in total. The van der Waals surface area contributed by atoms with Gasteiger partial charge in [0.25, 0.3) is 0 Å². The van der Waals surface area contributed by atoms with Crippen molar-refractivity contribution in [3.63, 3.8) is 0 Å². The molecule has 0 fully saturated rings. The predicted molar refractivity (Wildman–Crippen MR) is 87.7 cm³/mol. The van der Waals surface area contributed by atoms with E-state index in [4.69, 9.17) is 4.74 Å². The van der Waals surface area contributed by atoms with Crippen molar-refractivity contribution in [1.29, 1.82) is 0 Å². The molecule has 1 unspecified atom stereocenters. The maximum absolute atomic E-state index is 12.0. The monoisotopic (exact) mass is 412 g/mol. The quantitative estimate of drug-likeness (QED) is 0.760. The first-order valence-corrected chi connectivity index (χ1v) is 7.86. The number of ether oxygens (including phenoxy) is 1. The molecule has 6 heteroatoms. The number of nitrogens with zero attached hydrogens (tertiary/aromatic N) is 1. The third-order valence-corrected chi connectivity index (χ3v) is 3.97. The Hall–Kier alpha value is -1.24. The van der Waals surface area contributed by atoms with Crippen molar-refractivity contribution in [2.24, 2.45) is 0 Å². The molecule has 0 aliphatic rings. The number of rotatable bonds is 5. The fraction of sp³-hybridized carbons (Fsp3) is 0.200. The van der Waals surface area contributed by atoms with Gasteiger partial charge in [-0.2, -0.15) is 0 Å². The van der Waals surface area contributed by atoms with Gasteiger partial charge in [0.15, 0.2) is 0 Å². The average Bonchev–Trinajstić information content (AvgIpc) is 2.50. The van der Waals surface area contributed by atoms with Crippen LogP contribution in [0.15, 0.2) is 51.5 Å². The summed E-state index contributed by atoms with van der Waals surface area (Å²) in [6.45, 7) is 0.546. The Morgan fingerprint density at radius 2 is 2.05 bits per heavy atom. The third kappa shape index (κ3) is 4.36. The lowest BCUT2D eigenvalue weighted by Gasteiger charge is -2.17. The Labute approximate surface area is 140 Å². The summed E-state index contributed by atoms with van der Waals surface area (Å²) >= 11 is 6.78. The second-order valence-corrected chi connectivity index (χ2v) is 6.11. The van der Waals surface area contributed by atoms with Crippen LogP contribution in [0.25, 0.3) is 0 Å². The van der Waals surface area contributed by atoms with Crippen molar-refractivity contribution in [3.05, 3.63) is 62.8 Å². The number of methoxy groups -OCH3 is 1. The van der Waals surface area contributed by atoms with Crippen molar-refractivity contribution in [2.75, 3.05) is 7.11 Å². The molecular formula is C15H14Br2N2O2. The number of pyridine rings is 1. The maximum atomic E-state index is 12.0. The van der Waals surface area contributed by atoms with Gasteiger partial charge in [0.1, 0.15) is 6.04 Å². The smallest absolute Gasteiger partial charge is 0.329 e. The molecule has 4 nitrogen and oxygen atoms in total. The van der Waals surface area contributed by atoms with Crippen molar-refractivity contribution in [2.45, 2.75) is 12.6 Å². The summed E-state index contributed by atoms with van der Waals surface area (Å²) in [6.07, 6.45) is 1.65. The van der Waals surface area contributed by atoms with Crippen LogP contribution in [0.2, 0.25) is 0 Å². The highest BCUT2D eigenvalue weighted by Crippen LogP contribution is 2.25. The van der Waals surface area contributed by atoms with E-state index in [1.165, 1.54) is 7.11 Å². The molecule has 0 spiro atoms. The van der Waals surface area contributed by atoms with Crippen LogP contribution in [-0.4, -0.2) is 18.1 Å². The molecule has 0 bridgehead atoms. The van der Waals surface area contributed by atoms with Gasteiger partial charge >= 0.3 is 5.97 Å². The van der Waals surface area contributed by atoms with Gasteiger partial charge in [-0.05, 0) is 43.5 Å². The second kappa shape index (κ2) is 7.68. The molecular weight excluding hydrogens is 400 g/mol. The number of nitrogens with one attached hydrogen (secondary N) is 1. The van der Waals surface area contributed by atoms with Crippen molar-refractivity contribution in [3.8, 4) is 0 Å². The zero-order valence-corrected chi connectivity index (χ0v) is 14.5. The largest absolute Gasteiger partial charge is 0.468 e. The number of aromatic nitrogens is 1. The summed E-state index contributed by atoms with van der Waals surface area (Å²) in [6, 6.07) is 11.1. The SMILES string of the molecule is COC(=O)C(NCc1ccccc1)c1ncc(Br)cc1Br. The highest BCUT2D eigenvalue weighted by Gasteiger charge is 2.24. The molecule has 1 aromatic carbocycles. The Morgan fingerprint density at radius 3 is 2.67 bits per heavy atom. The zero-order valence-electron chi connectivity index (χ0n) is 11.3. The van der Waals surface area contributed by atoms with E-state index in [1.54, 1.807) is 6.20 Å². The third-order valence-electron chi connectivity index (χ3n) is 2.90. The van der Waals surface area contributed by atoms with E-state index in [9.17, 15) is 4.79 Å². The fourth-order valence-electron chi connectivity index (χ4n) is 1.86. The maximum Gasteiger partial charge on any atom is 0.329 e. The van der Waals surface area contributed by atoms with Gasteiger partial charge in [-0.25, -0.2) is 4.79 Å². The lowest BCUT2D eigenvalue weighted by atomic mass is 10.1. The van der Waals surface area contributed by atoms with Crippen LogP contribution in [0.1, 0.15) is 17.3 Å². The molecule has 1 atom stereocenters. The van der Waals surface area contributed by atoms with Crippen molar-refractivity contribution >= 4 is 37.8 Å². The Kier molecular flexibility index (Phi) is 5.90. The minimum atomic E-state index is -0.627. The standard InChI is InChI=1S/C15H14Br2N2O2/c1-21-15(20)14(13-12(17)7-11(16)9-19-13)18-8-10-5-3-2-4-6-10/h2-7,9,14,18H,8H2,1H3. The van der Waals surface area contributed by atoms with Gasteiger partial charge in [-0.1, -0.05) is 30.3 Å². The van der Waals surface area contributed by atoms with Gasteiger partial charge in [-0.3, -0.25) is 10.3 Å². The number of carbonyl (C=O) groups is 1. The molecule has 1 heterocycles. The summed E-state index contributed by atoms with van der Waals surface area (Å²) in [5.74, 6) is -0.374. The molecule has 0 aliphatic carbocycles. The number of hydrogen-bond donors (Lipinski definition) is 1. The molecule has 0 aliphatic heterocycles. The molecule has 2 rings (SSSR count). The topological polar surface area (TPSA) is 51.2 Å². The van der Waals surface area contributed by atoms with Gasteiger partial charge in [0, 0.05) is 21.7 Å². The molecule has 0 radical (unpaired) electrons. The Morgan fingerprint density at radius 1 is 1.33 bits per heavy atom. The molecule has 0 amide bonds. The molecule has 2 aromatic rings. The van der Waals surface area contributed by atoms with Crippen LogP contribution in [0.5, 0.6) is 0 Å². The van der Waals surface area contributed by atoms with Crippen LogP contribution in [0.3, 0.4) is 0 Å². The van der Waals surface area contributed by atoms with E-state index < -0.39 is 6.04 Å². The molecule has 110 valence electrons. The van der Waals surface area contributed by atoms with Crippen molar-refractivity contribution in [1.82, 2.24) is 10.3 Å². The number of hydrogen-bond acceptors (Lipinski definition) is 4. The van der Waals surface area contributed by atoms with Gasteiger partial charge < -0.3 is 4.74 Å². The highest BCUT2D eigenvalue weighted by atomic mass is 79.9. The number of carbonyl (C=O) groups excluding carboxylic acids is 1. The minimum absolute atomic E-state index is 0.374.